The highest BCUT2D eigenvalue weighted by Crippen LogP contribution is 2.18. The van der Waals surface area contributed by atoms with Crippen molar-refractivity contribution in [1.82, 2.24) is 14.5 Å². The first-order valence-electron chi connectivity index (χ1n) is 5.35. The minimum Gasteiger partial charge on any atom is -0.329 e. The van der Waals surface area contributed by atoms with Crippen LogP contribution in [0, 0.1) is 10.7 Å². The van der Waals surface area contributed by atoms with Gasteiger partial charge in [-0.05, 0) is 36.2 Å². The molecule has 0 amide bonds. The number of thioether (sulfide) groups is 1. The Morgan fingerprint density at radius 1 is 1.65 bits per heavy atom. The molecular formula is C11H14ClN3S2. The number of aromatic amines is 1. The molecule has 2 rings (SSSR count). The zero-order valence-corrected chi connectivity index (χ0v) is 12.1. The molecular weight excluding hydrogens is 274 g/mol. The Hall–Kier alpha value is -0.520. The van der Waals surface area contributed by atoms with Gasteiger partial charge in [0.2, 0.25) is 0 Å². The summed E-state index contributed by atoms with van der Waals surface area (Å²) in [5.41, 5.74) is 1.78. The highest BCUT2D eigenvalue weighted by atomic mass is 35.5. The number of hydrogen-bond donors (Lipinski definition) is 1. The first kappa shape index (κ1) is 12.9. The number of aromatic nitrogens is 3. The van der Waals surface area contributed by atoms with Crippen molar-refractivity contribution in [2.75, 3.05) is 12.0 Å². The van der Waals surface area contributed by atoms with Crippen LogP contribution in [0.25, 0.3) is 11.2 Å². The van der Waals surface area contributed by atoms with Crippen LogP contribution in [0.2, 0.25) is 5.02 Å². The lowest BCUT2D eigenvalue weighted by Crippen LogP contribution is -2.10. The number of hydrogen-bond acceptors (Lipinski definition) is 3. The van der Waals surface area contributed by atoms with Crippen molar-refractivity contribution < 1.29 is 0 Å². The number of pyridine rings is 1. The van der Waals surface area contributed by atoms with Gasteiger partial charge >= 0.3 is 0 Å². The van der Waals surface area contributed by atoms with Crippen LogP contribution >= 0.6 is 35.6 Å². The van der Waals surface area contributed by atoms with E-state index in [0.29, 0.717) is 15.7 Å². The highest BCUT2D eigenvalue weighted by molar-refractivity contribution is 7.98. The van der Waals surface area contributed by atoms with Crippen LogP contribution in [0.5, 0.6) is 0 Å². The van der Waals surface area contributed by atoms with E-state index in [1.807, 2.05) is 22.4 Å². The highest BCUT2D eigenvalue weighted by Gasteiger charge is 2.09. The maximum atomic E-state index is 5.91. The molecule has 0 aliphatic carbocycles. The standard InChI is InChI=1S/C11H14ClN3S2/c1-7(6-17-2)5-15-10-9(14-11(15)16)3-8(12)4-13-10/h3-4,7H,5-6H2,1-2H3,(H,14,16). The predicted octanol–water partition coefficient (Wildman–Crippen LogP) is 3.75. The second-order valence-corrected chi connectivity index (χ2v) is 5.86. The van der Waals surface area contributed by atoms with Gasteiger partial charge in [0.25, 0.3) is 0 Å². The maximum Gasteiger partial charge on any atom is 0.179 e. The summed E-state index contributed by atoms with van der Waals surface area (Å²) in [5, 5.41) is 0.623. The maximum absolute atomic E-state index is 5.91. The summed E-state index contributed by atoms with van der Waals surface area (Å²) < 4.78 is 2.75. The normalized spacial score (nSPS) is 13.1. The second-order valence-electron chi connectivity index (χ2n) is 4.13. The Kier molecular flexibility index (Phi) is 4.12. The van der Waals surface area contributed by atoms with Gasteiger partial charge in [0, 0.05) is 12.7 Å². The molecule has 0 aliphatic heterocycles. The van der Waals surface area contributed by atoms with Crippen LogP contribution in [0.1, 0.15) is 6.92 Å². The Morgan fingerprint density at radius 2 is 2.41 bits per heavy atom. The molecule has 0 saturated carbocycles. The van der Waals surface area contributed by atoms with Crippen LogP contribution in [0.15, 0.2) is 12.3 Å². The van der Waals surface area contributed by atoms with Gasteiger partial charge in [0.05, 0.1) is 10.5 Å². The van der Waals surface area contributed by atoms with Crippen molar-refractivity contribution in [2.45, 2.75) is 13.5 Å². The van der Waals surface area contributed by atoms with E-state index in [-0.39, 0.29) is 0 Å². The molecule has 0 bridgehead atoms. The Balaban J connectivity index is 2.40. The molecule has 92 valence electrons. The van der Waals surface area contributed by atoms with Crippen LogP contribution in [0.4, 0.5) is 0 Å². The molecule has 2 aromatic rings. The van der Waals surface area contributed by atoms with Crippen molar-refractivity contribution in [3.63, 3.8) is 0 Å². The largest absolute Gasteiger partial charge is 0.329 e. The summed E-state index contributed by atoms with van der Waals surface area (Å²) >= 11 is 13.1. The molecule has 0 fully saturated rings. The van der Waals surface area contributed by atoms with Crippen molar-refractivity contribution in [3.05, 3.63) is 22.1 Å². The molecule has 1 unspecified atom stereocenters. The molecule has 0 saturated heterocycles. The van der Waals surface area contributed by atoms with E-state index in [2.05, 4.69) is 23.1 Å². The Bertz CT molecular complexity index is 576. The Labute approximate surface area is 115 Å². The average Bonchev–Trinajstić information content (AvgIpc) is 2.55. The molecule has 2 heterocycles. The lowest BCUT2D eigenvalue weighted by molar-refractivity contribution is 0.534. The lowest BCUT2D eigenvalue weighted by atomic mass is 10.2. The summed E-state index contributed by atoms with van der Waals surface area (Å²) in [6.07, 6.45) is 3.77. The van der Waals surface area contributed by atoms with Gasteiger partial charge in [0.15, 0.2) is 10.4 Å². The fourth-order valence-electron chi connectivity index (χ4n) is 1.84. The minimum absolute atomic E-state index is 0.563. The van der Waals surface area contributed by atoms with Crippen molar-refractivity contribution in [2.24, 2.45) is 5.92 Å². The molecule has 3 nitrogen and oxygen atoms in total. The summed E-state index contributed by atoms with van der Waals surface area (Å²) in [4.78, 5) is 7.48. The summed E-state index contributed by atoms with van der Waals surface area (Å²) in [5.74, 6) is 1.68. The van der Waals surface area contributed by atoms with E-state index >= 15 is 0 Å². The molecule has 0 aliphatic rings. The van der Waals surface area contributed by atoms with E-state index in [0.717, 1.165) is 23.5 Å². The van der Waals surface area contributed by atoms with Crippen LogP contribution in [0.3, 0.4) is 0 Å². The third-order valence-electron chi connectivity index (χ3n) is 2.52. The second kappa shape index (κ2) is 5.42. The fraction of sp³-hybridized carbons (Fsp3) is 0.455. The smallest absolute Gasteiger partial charge is 0.179 e. The van der Waals surface area contributed by atoms with Crippen LogP contribution in [-0.4, -0.2) is 26.5 Å². The van der Waals surface area contributed by atoms with Gasteiger partial charge in [-0.15, -0.1) is 0 Å². The SMILES string of the molecule is CSCC(C)Cn1c(=S)[nH]c2cc(Cl)cnc21. The minimum atomic E-state index is 0.563. The number of imidazole rings is 1. The summed E-state index contributed by atoms with van der Waals surface area (Å²) in [7, 11) is 0. The number of halogens is 1. The van der Waals surface area contributed by atoms with Gasteiger partial charge in [-0.1, -0.05) is 18.5 Å². The van der Waals surface area contributed by atoms with Gasteiger partial charge in [0.1, 0.15) is 0 Å². The number of rotatable bonds is 4. The van der Waals surface area contributed by atoms with Crippen molar-refractivity contribution >= 4 is 46.7 Å². The number of fused-ring (bicyclic) bond motifs is 1. The van der Waals surface area contributed by atoms with Gasteiger partial charge in [-0.25, -0.2) is 4.98 Å². The topological polar surface area (TPSA) is 33.6 Å². The molecule has 0 spiro atoms. The molecule has 1 N–H and O–H groups in total. The number of H-pyrrole nitrogens is 1. The predicted molar refractivity (Wildman–Crippen MR) is 77.5 cm³/mol. The van der Waals surface area contributed by atoms with Crippen molar-refractivity contribution in [1.29, 1.82) is 0 Å². The van der Waals surface area contributed by atoms with Crippen LogP contribution in [-0.2, 0) is 6.54 Å². The third-order valence-corrected chi connectivity index (χ3v) is 3.95. The third kappa shape index (κ3) is 2.84. The van der Waals surface area contributed by atoms with E-state index in [1.54, 1.807) is 6.20 Å². The van der Waals surface area contributed by atoms with Gasteiger partial charge < -0.3 is 9.55 Å². The lowest BCUT2D eigenvalue weighted by Gasteiger charge is -2.10. The van der Waals surface area contributed by atoms with E-state index in [1.165, 1.54) is 0 Å². The molecule has 0 aromatic carbocycles. The van der Waals surface area contributed by atoms with E-state index < -0.39 is 0 Å². The summed E-state index contributed by atoms with van der Waals surface area (Å²) in [6.45, 7) is 3.10. The number of nitrogens with zero attached hydrogens (tertiary/aromatic N) is 2. The molecule has 6 heteroatoms. The van der Waals surface area contributed by atoms with E-state index in [4.69, 9.17) is 23.8 Å². The summed E-state index contributed by atoms with van der Waals surface area (Å²) in [6, 6.07) is 1.86. The molecule has 2 aromatic heterocycles. The number of nitrogens with one attached hydrogen (secondary N) is 1. The van der Waals surface area contributed by atoms with Crippen molar-refractivity contribution in [3.8, 4) is 0 Å². The van der Waals surface area contributed by atoms with Gasteiger partial charge in [-0.2, -0.15) is 11.8 Å². The average molecular weight is 288 g/mol. The molecule has 0 radical (unpaired) electrons. The quantitative estimate of drug-likeness (QED) is 0.870. The first-order chi connectivity index (χ1) is 8.11. The zero-order valence-electron chi connectivity index (χ0n) is 9.74. The Morgan fingerprint density at radius 3 is 3.12 bits per heavy atom. The van der Waals surface area contributed by atoms with E-state index in [9.17, 15) is 0 Å². The molecule has 17 heavy (non-hydrogen) atoms. The first-order valence-corrected chi connectivity index (χ1v) is 7.53. The fourth-order valence-corrected chi connectivity index (χ4v) is 2.94. The molecule has 1 atom stereocenters. The van der Waals surface area contributed by atoms with Crippen LogP contribution < -0.4 is 0 Å². The zero-order chi connectivity index (χ0) is 12.4. The monoisotopic (exact) mass is 287 g/mol. The van der Waals surface area contributed by atoms with Gasteiger partial charge in [-0.3, -0.25) is 0 Å².